The third-order valence-electron chi connectivity index (χ3n) is 1.44. The van der Waals surface area contributed by atoms with Crippen LogP contribution in [-0.2, 0) is 0 Å². The van der Waals surface area contributed by atoms with E-state index in [1.165, 1.54) is 0 Å². The first-order valence-corrected chi connectivity index (χ1v) is 7.85. The van der Waals surface area contributed by atoms with Crippen LogP contribution in [0.25, 0.3) is 0 Å². The minimum absolute atomic E-state index is 0.476. The zero-order valence-electron chi connectivity index (χ0n) is 7.24. The first-order valence-electron chi connectivity index (χ1n) is 3.76. The van der Waals surface area contributed by atoms with Crippen molar-refractivity contribution in [2.24, 2.45) is 0 Å². The summed E-state index contributed by atoms with van der Waals surface area (Å²) in [5, 5.41) is 0. The summed E-state index contributed by atoms with van der Waals surface area (Å²) in [6.45, 7) is 0.476. The van der Waals surface area contributed by atoms with Gasteiger partial charge in [0.25, 0.3) is 0 Å². The van der Waals surface area contributed by atoms with Gasteiger partial charge in [-0.2, -0.15) is 0 Å². The zero-order valence-corrected chi connectivity index (χ0v) is 15.2. The number of benzene rings is 1. The molecule has 0 radical (unpaired) electrons. The highest BCUT2D eigenvalue weighted by atomic mass is 79.9. The molecule has 0 saturated carbocycles. The molecule has 0 heterocycles. The van der Waals surface area contributed by atoms with Gasteiger partial charge in [0.1, 0.15) is 12.4 Å². The molecule has 6 heteroatoms. The molecule has 0 N–H and O–H groups in total. The molecular formula is C9H5Br5O. The van der Waals surface area contributed by atoms with Crippen LogP contribution in [0.15, 0.2) is 35.0 Å². The van der Waals surface area contributed by atoms with Crippen molar-refractivity contribution in [1.82, 2.24) is 0 Å². The Morgan fingerprint density at radius 2 is 1.73 bits per heavy atom. The van der Waals surface area contributed by atoms with Gasteiger partial charge in [0.15, 0.2) is 0 Å². The quantitative estimate of drug-likeness (QED) is 0.469. The zero-order chi connectivity index (χ0) is 11.4. The van der Waals surface area contributed by atoms with Crippen molar-refractivity contribution in [1.29, 1.82) is 0 Å². The molecule has 0 amide bonds. The summed E-state index contributed by atoms with van der Waals surface area (Å²) in [4.78, 5) is 1.77. The molecule has 1 nitrogen and oxygen atoms in total. The Morgan fingerprint density at radius 3 is 2.20 bits per heavy atom. The normalized spacial score (nSPS) is 11.7. The molecular weight excluding hydrogens is 524 g/mol. The predicted molar refractivity (Wildman–Crippen MR) is 81.0 cm³/mol. The first kappa shape index (κ1) is 14.2. The highest BCUT2D eigenvalue weighted by Gasteiger charge is 2.08. The summed E-state index contributed by atoms with van der Waals surface area (Å²) < 4.78 is 9.34. The van der Waals surface area contributed by atoms with Crippen LogP contribution in [0.3, 0.4) is 0 Å². The molecule has 0 aliphatic carbocycles. The lowest BCUT2D eigenvalue weighted by molar-refractivity contribution is 0.356. The number of hydrogen-bond acceptors (Lipinski definition) is 1. The molecule has 0 aliphatic heterocycles. The Kier molecular flexibility index (Phi) is 6.44. The van der Waals surface area contributed by atoms with Gasteiger partial charge in [0.05, 0.1) is 8.95 Å². The van der Waals surface area contributed by atoms with E-state index < -0.39 is 0 Å². The number of rotatable bonds is 3. The number of hydrogen-bond donors (Lipinski definition) is 0. The van der Waals surface area contributed by atoms with Gasteiger partial charge in [-0.3, -0.25) is 0 Å². The SMILES string of the molecule is Br/C=C(\Br)COc1c(Br)cc(Br)cc1Br. The molecule has 1 rings (SSSR count). The van der Waals surface area contributed by atoms with Crippen LogP contribution in [0.2, 0.25) is 0 Å². The maximum atomic E-state index is 5.62. The smallest absolute Gasteiger partial charge is 0.148 e. The van der Waals surface area contributed by atoms with Crippen molar-refractivity contribution >= 4 is 79.6 Å². The van der Waals surface area contributed by atoms with Gasteiger partial charge < -0.3 is 4.74 Å². The summed E-state index contributed by atoms with van der Waals surface area (Å²) in [5.41, 5.74) is 0. The van der Waals surface area contributed by atoms with E-state index in [2.05, 4.69) is 79.6 Å². The lowest BCUT2D eigenvalue weighted by atomic mass is 10.3. The van der Waals surface area contributed by atoms with E-state index in [-0.39, 0.29) is 0 Å². The number of halogens is 5. The minimum Gasteiger partial charge on any atom is -0.486 e. The van der Waals surface area contributed by atoms with Crippen LogP contribution >= 0.6 is 79.6 Å². The van der Waals surface area contributed by atoms with Gasteiger partial charge in [-0.25, -0.2) is 0 Å². The standard InChI is InChI=1S/C9H5Br5O/c10-3-6(12)4-15-9-7(13)1-5(11)2-8(9)14/h1-3H,4H2/b6-3-. The van der Waals surface area contributed by atoms with Gasteiger partial charge in [-0.1, -0.05) is 47.8 Å². The Hall–Kier alpha value is 1.16. The van der Waals surface area contributed by atoms with Gasteiger partial charge in [0, 0.05) is 8.96 Å². The predicted octanol–water partition coefficient (Wildman–Crippen LogP) is 5.98. The molecule has 15 heavy (non-hydrogen) atoms. The molecule has 0 unspecified atom stereocenters. The minimum atomic E-state index is 0.476. The van der Waals surface area contributed by atoms with E-state index in [9.17, 15) is 0 Å². The van der Waals surface area contributed by atoms with Crippen molar-refractivity contribution in [3.05, 3.63) is 35.0 Å². The van der Waals surface area contributed by atoms with Gasteiger partial charge in [-0.05, 0) is 49.0 Å². The van der Waals surface area contributed by atoms with Crippen molar-refractivity contribution < 1.29 is 4.74 Å². The Bertz CT molecular complexity index is 365. The second-order valence-corrected chi connectivity index (χ2v) is 6.64. The lowest BCUT2D eigenvalue weighted by Gasteiger charge is -2.10. The highest BCUT2D eigenvalue weighted by molar-refractivity contribution is 9.14. The maximum Gasteiger partial charge on any atom is 0.148 e. The first-order chi connectivity index (χ1) is 7.04. The topological polar surface area (TPSA) is 9.23 Å². The van der Waals surface area contributed by atoms with Crippen LogP contribution in [-0.4, -0.2) is 6.61 Å². The molecule has 0 bridgehead atoms. The molecule has 0 atom stereocenters. The molecule has 1 aromatic rings. The summed E-state index contributed by atoms with van der Waals surface area (Å²) in [7, 11) is 0. The second kappa shape index (κ2) is 6.79. The molecule has 0 saturated heterocycles. The van der Waals surface area contributed by atoms with Crippen molar-refractivity contribution in [2.75, 3.05) is 6.61 Å². The largest absolute Gasteiger partial charge is 0.486 e. The van der Waals surface area contributed by atoms with Crippen LogP contribution < -0.4 is 4.74 Å². The van der Waals surface area contributed by atoms with Crippen molar-refractivity contribution in [3.63, 3.8) is 0 Å². The van der Waals surface area contributed by atoms with E-state index in [1.54, 1.807) is 4.99 Å². The highest BCUT2D eigenvalue weighted by Crippen LogP contribution is 2.36. The average Bonchev–Trinajstić information content (AvgIpc) is 2.15. The van der Waals surface area contributed by atoms with Crippen LogP contribution in [0, 0.1) is 0 Å². The fourth-order valence-electron chi connectivity index (χ4n) is 0.839. The summed E-state index contributed by atoms with van der Waals surface area (Å²) in [6.07, 6.45) is 0. The molecule has 1 aromatic carbocycles. The van der Waals surface area contributed by atoms with Crippen LogP contribution in [0.5, 0.6) is 5.75 Å². The maximum absolute atomic E-state index is 5.62. The summed E-state index contributed by atoms with van der Waals surface area (Å²) in [5.74, 6) is 0.782. The van der Waals surface area contributed by atoms with Crippen LogP contribution in [0.1, 0.15) is 0 Å². The fourth-order valence-corrected chi connectivity index (χ4v) is 3.57. The third kappa shape index (κ3) is 4.50. The fraction of sp³-hybridized carbons (Fsp3) is 0.111. The molecule has 0 spiro atoms. The average molecular weight is 529 g/mol. The lowest BCUT2D eigenvalue weighted by Crippen LogP contribution is -1.98. The van der Waals surface area contributed by atoms with Crippen LogP contribution in [0.4, 0.5) is 0 Å². The molecule has 0 aliphatic rings. The monoisotopic (exact) mass is 524 g/mol. The van der Waals surface area contributed by atoms with E-state index in [0.717, 1.165) is 23.7 Å². The second-order valence-electron chi connectivity index (χ2n) is 2.54. The Morgan fingerprint density at radius 1 is 1.20 bits per heavy atom. The van der Waals surface area contributed by atoms with Gasteiger partial charge >= 0.3 is 0 Å². The summed E-state index contributed by atoms with van der Waals surface area (Å²) in [6, 6.07) is 3.87. The Labute approximate surface area is 130 Å². The van der Waals surface area contributed by atoms with Crippen molar-refractivity contribution in [2.45, 2.75) is 0 Å². The molecule has 0 fully saturated rings. The number of ether oxygens (including phenoxy) is 1. The van der Waals surface area contributed by atoms with Crippen molar-refractivity contribution in [3.8, 4) is 5.75 Å². The van der Waals surface area contributed by atoms with Gasteiger partial charge in [0.2, 0.25) is 0 Å². The van der Waals surface area contributed by atoms with Gasteiger partial charge in [-0.15, -0.1) is 0 Å². The third-order valence-corrected chi connectivity index (χ3v) is 4.70. The Balaban J connectivity index is 2.86. The van der Waals surface area contributed by atoms with E-state index in [4.69, 9.17) is 4.74 Å². The summed E-state index contributed by atoms with van der Waals surface area (Å²) >= 11 is 16.8. The van der Waals surface area contributed by atoms with E-state index >= 15 is 0 Å². The van der Waals surface area contributed by atoms with E-state index in [0.29, 0.717) is 6.61 Å². The molecule has 0 aromatic heterocycles. The van der Waals surface area contributed by atoms with E-state index in [1.807, 2.05) is 12.1 Å². The molecule has 82 valence electrons.